The molecule has 10 heteroatoms. The number of amidine groups is 1. The molecule has 1 atom stereocenters. The van der Waals surface area contributed by atoms with Crippen LogP contribution < -0.4 is 15.4 Å². The summed E-state index contributed by atoms with van der Waals surface area (Å²) in [5.74, 6) is 7.46. The summed E-state index contributed by atoms with van der Waals surface area (Å²) < 4.78 is 26.1. The molecule has 1 unspecified atom stereocenters. The molecule has 0 aliphatic carbocycles. The second-order valence-corrected chi connectivity index (χ2v) is 11.4. The number of para-hydroxylation sites is 1. The molecule has 32 heavy (non-hydrogen) atoms. The second-order valence-electron chi connectivity index (χ2n) is 7.80. The van der Waals surface area contributed by atoms with Gasteiger partial charge in [0.2, 0.25) is 0 Å². The van der Waals surface area contributed by atoms with Crippen molar-refractivity contribution in [3.05, 3.63) is 54.0 Å². The molecule has 5 N–H and O–H groups in total. The third kappa shape index (κ3) is 5.13. The van der Waals surface area contributed by atoms with Crippen LogP contribution in [-0.4, -0.2) is 61.5 Å². The number of benzene rings is 1. The van der Waals surface area contributed by atoms with E-state index in [9.17, 15) is 8.76 Å². The fourth-order valence-corrected chi connectivity index (χ4v) is 5.49. The highest BCUT2D eigenvalue weighted by molar-refractivity contribution is 8.12. The molecular weight excluding hydrogens is 426 g/mol. The van der Waals surface area contributed by atoms with Gasteiger partial charge in [-0.2, -0.15) is 4.21 Å². The minimum atomic E-state index is -3.94. The average Bonchev–Trinajstić information content (AvgIpc) is 3.21. The minimum Gasteiger partial charge on any atom is -0.349 e. The van der Waals surface area contributed by atoms with E-state index in [4.69, 9.17) is 0 Å². The molecule has 0 bridgehead atoms. The highest BCUT2D eigenvalue weighted by Crippen LogP contribution is 2.25. The van der Waals surface area contributed by atoms with Gasteiger partial charge in [-0.3, -0.25) is 14.5 Å². The van der Waals surface area contributed by atoms with Crippen LogP contribution in [-0.2, 0) is 9.53 Å². The number of aliphatic imine (C=N–C) groups is 2. The Kier molecular flexibility index (Phi) is 5.97. The van der Waals surface area contributed by atoms with Crippen molar-refractivity contribution in [2.24, 2.45) is 9.98 Å². The smallest absolute Gasteiger partial charge is 0.155 e. The quantitative estimate of drug-likeness (QED) is 0.429. The van der Waals surface area contributed by atoms with Crippen molar-refractivity contribution in [1.29, 1.82) is 0 Å². The summed E-state index contributed by atoms with van der Waals surface area (Å²) in [5, 5.41) is 6.50. The molecule has 0 spiro atoms. The van der Waals surface area contributed by atoms with E-state index in [1.165, 1.54) is 6.26 Å². The van der Waals surface area contributed by atoms with Gasteiger partial charge in [0.05, 0.1) is 12.0 Å². The number of rotatable bonds is 6. The molecule has 9 nitrogen and oxygen atoms in total. The van der Waals surface area contributed by atoms with Gasteiger partial charge < -0.3 is 15.6 Å². The maximum absolute atomic E-state index is 12.8. The molecule has 4 rings (SSSR count). The molecule has 2 aliphatic heterocycles. The highest BCUT2D eigenvalue weighted by Gasteiger charge is 2.23. The summed E-state index contributed by atoms with van der Waals surface area (Å²) in [6.07, 6.45) is 7.11. The van der Waals surface area contributed by atoms with Gasteiger partial charge in [0, 0.05) is 23.3 Å². The molecule has 1 aromatic carbocycles. The monoisotopic (exact) mass is 453 g/mol. The van der Waals surface area contributed by atoms with Crippen molar-refractivity contribution in [2.45, 2.75) is 19.4 Å². The van der Waals surface area contributed by atoms with E-state index in [1.807, 2.05) is 31.2 Å². The van der Waals surface area contributed by atoms with Gasteiger partial charge in [0.1, 0.15) is 30.8 Å². The van der Waals surface area contributed by atoms with E-state index in [0.29, 0.717) is 18.9 Å². The molecule has 0 saturated carbocycles. The first-order chi connectivity index (χ1) is 15.3. The van der Waals surface area contributed by atoms with Crippen LogP contribution in [0, 0.1) is 11.8 Å². The molecular formula is C22H27N7O2S. The van der Waals surface area contributed by atoms with Crippen molar-refractivity contribution < 1.29 is 8.76 Å². The first kappa shape index (κ1) is 22.0. The third-order valence-electron chi connectivity index (χ3n) is 4.95. The lowest BCUT2D eigenvalue weighted by Gasteiger charge is -2.41. The summed E-state index contributed by atoms with van der Waals surface area (Å²) >= 11 is 0. The number of anilines is 2. The van der Waals surface area contributed by atoms with Crippen molar-refractivity contribution in [3.63, 3.8) is 0 Å². The van der Waals surface area contributed by atoms with Crippen LogP contribution >= 0.6 is 0 Å². The van der Waals surface area contributed by atoms with Crippen LogP contribution in [0.5, 0.6) is 0 Å². The largest absolute Gasteiger partial charge is 0.349 e. The number of hydrogen-bond acceptors (Lipinski definition) is 6. The van der Waals surface area contributed by atoms with Crippen molar-refractivity contribution in [2.75, 3.05) is 35.9 Å². The number of nitrogens with zero attached hydrogens (tertiary/aromatic N) is 3. The Hall–Kier alpha value is -3.26. The maximum atomic E-state index is 12.8. The Morgan fingerprint density at radius 3 is 3.00 bits per heavy atom. The van der Waals surface area contributed by atoms with Gasteiger partial charge in [-0.15, -0.1) is 9.53 Å². The first-order valence-corrected chi connectivity index (χ1v) is 12.9. The lowest BCUT2D eigenvalue weighted by Crippen LogP contribution is -2.52. The zero-order valence-electron chi connectivity index (χ0n) is 18.1. The molecule has 2 aliphatic rings. The summed E-state index contributed by atoms with van der Waals surface area (Å²) in [6.45, 7) is 2.60. The van der Waals surface area contributed by atoms with E-state index in [1.54, 1.807) is 18.5 Å². The Bertz CT molecular complexity index is 1230. The number of fused-ring (bicyclic) bond motifs is 1. The third-order valence-corrected chi connectivity index (χ3v) is 7.18. The summed E-state index contributed by atoms with van der Waals surface area (Å²) in [5.41, 5.74) is 3.38. The topological polar surface area (TPSA) is 127 Å². The Balaban J connectivity index is 1.57. The number of aromatic amines is 1. The van der Waals surface area contributed by atoms with Crippen molar-refractivity contribution in [1.82, 2.24) is 14.7 Å². The standard InChI is InChI=1S/C22H27N7O2S/c1-3-13-32(2,30,31)29-16-7-6-12-23-19(11-10-16)28-18-9-5-4-8-17(18)20-21-22(26-14-24-20)27-15-25-21/h4-5,8-11,15-16,26H,3,12-14H2,1-2H3,(H,23,28)(H,25,27)(H2,29,30,31). The molecule has 2 aromatic rings. The van der Waals surface area contributed by atoms with Gasteiger partial charge in [0.15, 0.2) is 5.82 Å². The van der Waals surface area contributed by atoms with Gasteiger partial charge in [-0.1, -0.05) is 43.0 Å². The zero-order chi connectivity index (χ0) is 22.6. The molecule has 0 radical (unpaired) electrons. The van der Waals surface area contributed by atoms with Crippen LogP contribution in [0.25, 0.3) is 0 Å². The van der Waals surface area contributed by atoms with Crippen molar-refractivity contribution in [3.8, 4) is 11.8 Å². The fourth-order valence-electron chi connectivity index (χ4n) is 3.62. The molecule has 0 saturated heterocycles. The van der Waals surface area contributed by atoms with E-state index >= 15 is 0 Å². The summed E-state index contributed by atoms with van der Waals surface area (Å²) in [7, 11) is -3.94. The van der Waals surface area contributed by atoms with Gasteiger partial charge in [-0.25, -0.2) is 9.71 Å². The van der Waals surface area contributed by atoms with E-state index < -0.39 is 15.6 Å². The lowest BCUT2D eigenvalue weighted by atomic mass is 10.0. The van der Waals surface area contributed by atoms with Gasteiger partial charge >= 0.3 is 0 Å². The molecule has 168 valence electrons. The highest BCUT2D eigenvalue weighted by atomic mass is 32.3. The Morgan fingerprint density at radius 1 is 1.31 bits per heavy atom. The normalized spacial score (nSPS) is 19.0. The summed E-state index contributed by atoms with van der Waals surface area (Å²) in [4.78, 5) is 16.6. The summed E-state index contributed by atoms with van der Waals surface area (Å²) in [6, 6.07) is 7.28. The number of imidazole rings is 1. The molecule has 3 heterocycles. The Labute approximate surface area is 187 Å². The van der Waals surface area contributed by atoms with E-state index in [0.717, 1.165) is 28.5 Å². The van der Waals surface area contributed by atoms with Gasteiger partial charge in [0.25, 0.3) is 0 Å². The van der Waals surface area contributed by atoms with Crippen LogP contribution in [0.3, 0.4) is 0 Å². The van der Waals surface area contributed by atoms with E-state index in [2.05, 4.69) is 47.1 Å². The molecule has 1 aromatic heterocycles. The number of H-pyrrole nitrogens is 1. The van der Waals surface area contributed by atoms with Crippen LogP contribution in [0.2, 0.25) is 0 Å². The predicted octanol–water partition coefficient (Wildman–Crippen LogP) is 2.22. The SMILES string of the molecule is CCCS(C)(=O)(O)NC1C#CCN=C(Nc2ccccc2C2=NCNc3nc[nH]c32)C=C1. The second kappa shape index (κ2) is 8.70. The van der Waals surface area contributed by atoms with Crippen molar-refractivity contribution >= 4 is 32.6 Å². The first-order valence-electron chi connectivity index (χ1n) is 10.4. The van der Waals surface area contributed by atoms with Gasteiger partial charge in [-0.05, 0) is 18.6 Å². The average molecular weight is 454 g/mol. The maximum Gasteiger partial charge on any atom is 0.155 e. The van der Waals surface area contributed by atoms with Crippen LogP contribution in [0.4, 0.5) is 11.5 Å². The molecule has 0 fully saturated rings. The molecule has 0 amide bonds. The number of nitrogens with one attached hydrogen (secondary N) is 4. The Morgan fingerprint density at radius 2 is 2.16 bits per heavy atom. The minimum absolute atomic E-state index is 0.169. The van der Waals surface area contributed by atoms with Crippen LogP contribution in [0.15, 0.2) is 52.7 Å². The van der Waals surface area contributed by atoms with Crippen LogP contribution in [0.1, 0.15) is 24.6 Å². The fraction of sp³-hybridized carbons (Fsp3) is 0.318. The zero-order valence-corrected chi connectivity index (χ0v) is 18.9. The predicted molar refractivity (Wildman–Crippen MR) is 131 cm³/mol. The lowest BCUT2D eigenvalue weighted by molar-refractivity contribution is 0.499. The number of hydrogen-bond donors (Lipinski definition) is 5. The number of aromatic nitrogens is 2. The van der Waals surface area contributed by atoms with E-state index in [-0.39, 0.29) is 12.3 Å².